The van der Waals surface area contributed by atoms with E-state index in [1.165, 1.54) is 30.6 Å². The molecular weight excluding hydrogens is 494 g/mol. The van der Waals surface area contributed by atoms with Crippen molar-refractivity contribution in [2.24, 2.45) is 15.9 Å². The van der Waals surface area contributed by atoms with E-state index < -0.39 is 21.5 Å². The molecule has 0 unspecified atom stereocenters. The topological polar surface area (TPSA) is 151 Å². The Morgan fingerprint density at radius 1 is 1.05 bits per heavy atom. The number of azide groups is 1. The van der Waals surface area contributed by atoms with Gasteiger partial charge < -0.3 is 10.1 Å². The summed E-state index contributed by atoms with van der Waals surface area (Å²) in [6.07, 6.45) is 2.47. The van der Waals surface area contributed by atoms with Gasteiger partial charge in [0, 0.05) is 47.8 Å². The number of ether oxygens (including phenoxy) is 1. The van der Waals surface area contributed by atoms with Gasteiger partial charge in [0.05, 0.1) is 29.4 Å². The van der Waals surface area contributed by atoms with Crippen molar-refractivity contribution in [3.8, 4) is 0 Å². The number of ketones is 1. The highest BCUT2D eigenvalue weighted by Crippen LogP contribution is 2.20. The van der Waals surface area contributed by atoms with Crippen molar-refractivity contribution in [2.75, 3.05) is 32.1 Å². The number of hydrogen-bond donors (Lipinski definition) is 1. The number of amides is 1. The first kappa shape index (κ1) is 30.0. The van der Waals surface area contributed by atoms with Gasteiger partial charge in [0.15, 0.2) is 15.6 Å². The molecule has 37 heavy (non-hydrogen) atoms. The number of nitrogens with one attached hydrogen (secondary N) is 1. The summed E-state index contributed by atoms with van der Waals surface area (Å²) in [4.78, 5) is 32.3. The van der Waals surface area contributed by atoms with Crippen molar-refractivity contribution >= 4 is 21.5 Å². The lowest BCUT2D eigenvalue weighted by Crippen LogP contribution is -2.37. The summed E-state index contributed by atoms with van der Waals surface area (Å²) in [5.74, 6) is -1.14. The Kier molecular flexibility index (Phi) is 10.4. The lowest BCUT2D eigenvalue weighted by Gasteiger charge is -2.28. The first-order valence-corrected chi connectivity index (χ1v) is 13.5. The van der Waals surface area contributed by atoms with Crippen molar-refractivity contribution in [3.63, 3.8) is 0 Å². The molecule has 1 heterocycles. The summed E-state index contributed by atoms with van der Waals surface area (Å²) in [6, 6.07) is 7.89. The van der Waals surface area contributed by atoms with E-state index in [0.717, 1.165) is 5.56 Å². The first-order chi connectivity index (χ1) is 17.2. The summed E-state index contributed by atoms with van der Waals surface area (Å²) in [5.41, 5.74) is 9.13. The van der Waals surface area contributed by atoms with Gasteiger partial charge in [-0.25, -0.2) is 8.42 Å². The number of sulfone groups is 1. The molecule has 1 aromatic heterocycles. The number of hydrogen-bond acceptors (Lipinski definition) is 7. The van der Waals surface area contributed by atoms with E-state index in [1.807, 2.05) is 34.6 Å². The van der Waals surface area contributed by atoms with Crippen LogP contribution in [0, 0.1) is 17.8 Å². The summed E-state index contributed by atoms with van der Waals surface area (Å²) in [5, 5.41) is 6.43. The zero-order valence-corrected chi connectivity index (χ0v) is 22.8. The molecule has 0 saturated carbocycles. The molecule has 0 bridgehead atoms. The molecular formula is C26H35N5O5S. The Balaban J connectivity index is 1.91. The van der Waals surface area contributed by atoms with E-state index in [9.17, 15) is 18.0 Å². The quantitative estimate of drug-likeness (QED) is 0.164. The molecule has 0 atom stereocenters. The molecule has 0 saturated heterocycles. The predicted molar refractivity (Wildman–Crippen MR) is 141 cm³/mol. The number of carbonyl (C=O) groups is 2. The molecule has 0 fully saturated rings. The van der Waals surface area contributed by atoms with E-state index >= 15 is 0 Å². The number of Topliss-reactive ketones (excluding diaryl/α,β-unsaturated/α-hetero) is 1. The van der Waals surface area contributed by atoms with Crippen molar-refractivity contribution in [2.45, 2.75) is 45.9 Å². The molecule has 0 aliphatic carbocycles. The molecule has 11 heteroatoms. The first-order valence-electron chi connectivity index (χ1n) is 11.9. The second-order valence-corrected chi connectivity index (χ2v) is 12.8. The average molecular weight is 530 g/mol. The number of pyridine rings is 1. The molecule has 200 valence electrons. The van der Waals surface area contributed by atoms with Gasteiger partial charge in [0.1, 0.15) is 0 Å². The molecule has 0 radical (unpaired) electrons. The minimum absolute atomic E-state index is 0.169. The summed E-state index contributed by atoms with van der Waals surface area (Å²) in [7, 11) is -3.61. The van der Waals surface area contributed by atoms with Crippen LogP contribution >= 0.6 is 0 Å². The van der Waals surface area contributed by atoms with Gasteiger partial charge in [-0.15, -0.1) is 0 Å². The number of nitrogens with zero attached hydrogens (tertiary/aromatic N) is 4. The average Bonchev–Trinajstić information content (AvgIpc) is 2.85. The van der Waals surface area contributed by atoms with Crippen LogP contribution < -0.4 is 5.32 Å². The number of aryl methyl sites for hydroxylation is 1. The van der Waals surface area contributed by atoms with Crippen molar-refractivity contribution < 1.29 is 22.7 Å². The van der Waals surface area contributed by atoms with Gasteiger partial charge in [-0.1, -0.05) is 50.5 Å². The zero-order chi connectivity index (χ0) is 27.7. The van der Waals surface area contributed by atoms with Crippen LogP contribution in [-0.4, -0.2) is 57.1 Å². The minimum Gasteiger partial charge on any atom is -0.380 e. The fourth-order valence-corrected chi connectivity index (χ4v) is 4.54. The molecule has 0 aliphatic heterocycles. The van der Waals surface area contributed by atoms with Crippen LogP contribution in [0.4, 0.5) is 0 Å². The fraction of sp³-hybridized carbons (Fsp3) is 0.500. The molecule has 0 aliphatic rings. The van der Waals surface area contributed by atoms with Crippen LogP contribution in [0.3, 0.4) is 0 Å². The lowest BCUT2D eigenvalue weighted by atomic mass is 9.93. The Bertz CT molecular complexity index is 1250. The largest absolute Gasteiger partial charge is 0.380 e. The minimum atomic E-state index is -3.61. The smallest absolute Gasteiger partial charge is 0.252 e. The molecule has 10 nitrogen and oxygen atoms in total. The van der Waals surface area contributed by atoms with Gasteiger partial charge in [-0.3, -0.25) is 14.6 Å². The highest BCUT2D eigenvalue weighted by atomic mass is 32.2. The maximum Gasteiger partial charge on any atom is 0.252 e. The monoisotopic (exact) mass is 529 g/mol. The molecule has 2 aromatic rings. The van der Waals surface area contributed by atoms with E-state index in [1.54, 1.807) is 12.1 Å². The molecule has 0 spiro atoms. The van der Waals surface area contributed by atoms with Crippen LogP contribution in [0.2, 0.25) is 0 Å². The van der Waals surface area contributed by atoms with Crippen LogP contribution in [-0.2, 0) is 14.6 Å². The van der Waals surface area contributed by atoms with Crippen LogP contribution in [0.15, 0.2) is 52.7 Å². The van der Waals surface area contributed by atoms with Crippen molar-refractivity contribution in [1.29, 1.82) is 0 Å². The third-order valence-corrected chi connectivity index (χ3v) is 7.31. The Labute approximate surface area is 218 Å². The maximum absolute atomic E-state index is 12.7. The highest BCUT2D eigenvalue weighted by molar-refractivity contribution is 7.91. The zero-order valence-electron chi connectivity index (χ0n) is 22.0. The second kappa shape index (κ2) is 12.8. The molecule has 1 N–H and O–H groups in total. The van der Waals surface area contributed by atoms with Gasteiger partial charge in [-0.05, 0) is 36.1 Å². The molecule has 1 amide bonds. The van der Waals surface area contributed by atoms with Gasteiger partial charge >= 0.3 is 0 Å². The third kappa shape index (κ3) is 9.95. The standard InChI is InChI=1S/C26H35N5O5S/c1-19-6-8-22(9-7-19)37(34,35)11-10-23(32)20-12-21(14-28-13-20)24(33)29-15-25(2,3)17-36-18-26(4,5)16-30-31-27/h6-9,12-14H,10-11,15-18H2,1-5H3,(H,29,33). The fourth-order valence-electron chi connectivity index (χ4n) is 3.30. The summed E-state index contributed by atoms with van der Waals surface area (Å²) in [6.45, 7) is 11.0. The summed E-state index contributed by atoms with van der Waals surface area (Å²) >= 11 is 0. The van der Waals surface area contributed by atoms with E-state index in [4.69, 9.17) is 10.3 Å². The third-order valence-electron chi connectivity index (χ3n) is 5.58. The van der Waals surface area contributed by atoms with Gasteiger partial charge in [0.25, 0.3) is 5.91 Å². The number of carbonyl (C=O) groups excluding carboxylic acids is 2. The number of benzene rings is 1. The van der Waals surface area contributed by atoms with E-state index in [0.29, 0.717) is 26.3 Å². The van der Waals surface area contributed by atoms with Crippen LogP contribution in [0.1, 0.15) is 60.4 Å². The van der Waals surface area contributed by atoms with Gasteiger partial charge in [-0.2, -0.15) is 0 Å². The number of rotatable bonds is 14. The Morgan fingerprint density at radius 2 is 1.68 bits per heavy atom. The van der Waals surface area contributed by atoms with E-state index in [2.05, 4.69) is 20.3 Å². The van der Waals surface area contributed by atoms with Crippen molar-refractivity contribution in [1.82, 2.24) is 10.3 Å². The van der Waals surface area contributed by atoms with E-state index in [-0.39, 0.29) is 39.0 Å². The lowest BCUT2D eigenvalue weighted by molar-refractivity contribution is 0.0183. The number of aromatic nitrogens is 1. The molecule has 1 aromatic carbocycles. The Morgan fingerprint density at radius 3 is 2.32 bits per heavy atom. The molecule has 2 rings (SSSR count). The second-order valence-electron chi connectivity index (χ2n) is 10.7. The highest BCUT2D eigenvalue weighted by Gasteiger charge is 2.24. The summed E-state index contributed by atoms with van der Waals surface area (Å²) < 4.78 is 30.9. The van der Waals surface area contributed by atoms with Crippen molar-refractivity contribution in [3.05, 3.63) is 69.9 Å². The maximum atomic E-state index is 12.7. The SMILES string of the molecule is Cc1ccc(S(=O)(=O)CCC(=O)c2cncc(C(=O)NCC(C)(C)COCC(C)(C)CN=[N+]=[N-])c2)cc1. The van der Waals surface area contributed by atoms with Crippen LogP contribution in [0.5, 0.6) is 0 Å². The normalized spacial score (nSPS) is 12.0. The van der Waals surface area contributed by atoms with Gasteiger partial charge in [0.2, 0.25) is 0 Å². The Hall–Kier alpha value is -3.27. The predicted octanol–water partition coefficient (Wildman–Crippen LogP) is 4.55. The van der Waals surface area contributed by atoms with Crippen LogP contribution in [0.25, 0.3) is 10.4 Å².